The first-order valence-electron chi connectivity index (χ1n) is 10.6. The van der Waals surface area contributed by atoms with E-state index in [-0.39, 0.29) is 11.7 Å². The molecule has 1 fully saturated rings. The van der Waals surface area contributed by atoms with E-state index in [1.54, 1.807) is 18.3 Å². The molecule has 0 unspecified atom stereocenters. The number of carbonyl (C=O) groups excluding carboxylic acids is 1. The highest BCUT2D eigenvalue weighted by molar-refractivity contribution is 6.29. The summed E-state index contributed by atoms with van der Waals surface area (Å²) in [6.07, 6.45) is 4.40. The van der Waals surface area contributed by atoms with E-state index >= 15 is 0 Å². The summed E-state index contributed by atoms with van der Waals surface area (Å²) >= 11 is 6.25. The van der Waals surface area contributed by atoms with Crippen molar-refractivity contribution < 1.29 is 13.9 Å². The van der Waals surface area contributed by atoms with Gasteiger partial charge in [-0.2, -0.15) is 0 Å². The zero-order valence-electron chi connectivity index (χ0n) is 17.0. The van der Waals surface area contributed by atoms with Gasteiger partial charge < -0.3 is 14.6 Å². The van der Waals surface area contributed by atoms with E-state index in [0.717, 1.165) is 67.1 Å². The smallest absolute Gasteiger partial charge is 0.253 e. The first kappa shape index (κ1) is 20.2. The van der Waals surface area contributed by atoms with E-state index < -0.39 is 0 Å². The van der Waals surface area contributed by atoms with Crippen LogP contribution in [-0.2, 0) is 17.7 Å². The Morgan fingerprint density at radius 1 is 1.13 bits per heavy atom. The maximum absolute atomic E-state index is 13.7. The van der Waals surface area contributed by atoms with Gasteiger partial charge in [0.1, 0.15) is 11.0 Å². The molecule has 0 spiro atoms. The molecule has 5 nitrogen and oxygen atoms in total. The normalized spacial score (nSPS) is 16.8. The third-order valence-corrected chi connectivity index (χ3v) is 6.37. The molecule has 5 rings (SSSR count). The number of ether oxygens (including phenoxy) is 1. The van der Waals surface area contributed by atoms with Crippen LogP contribution in [0, 0.1) is 11.7 Å². The number of nitrogens with zero attached hydrogens (tertiary/aromatic N) is 2. The van der Waals surface area contributed by atoms with E-state index in [9.17, 15) is 9.18 Å². The average molecular weight is 440 g/mol. The Kier molecular flexibility index (Phi) is 5.50. The topological polar surface area (TPSA) is 56.2 Å². The molecule has 1 saturated heterocycles. The summed E-state index contributed by atoms with van der Waals surface area (Å²) in [5, 5.41) is 3.37. The lowest BCUT2D eigenvalue weighted by Gasteiger charge is -2.26. The van der Waals surface area contributed by atoms with Gasteiger partial charge in [0.05, 0.1) is 11.3 Å². The Balaban J connectivity index is 1.77. The molecule has 2 aromatic heterocycles. The Hall–Kier alpha value is -2.70. The predicted molar refractivity (Wildman–Crippen MR) is 118 cm³/mol. The third-order valence-electron chi connectivity index (χ3n) is 6.16. The first-order valence-corrected chi connectivity index (χ1v) is 11.0. The lowest BCUT2D eigenvalue weighted by molar-refractivity contribution is 0.0611. The van der Waals surface area contributed by atoms with Gasteiger partial charge in [-0.1, -0.05) is 23.7 Å². The lowest BCUT2D eigenvalue weighted by Crippen LogP contribution is -2.33. The van der Waals surface area contributed by atoms with Crippen LogP contribution in [0.2, 0.25) is 5.15 Å². The van der Waals surface area contributed by atoms with Gasteiger partial charge in [0.25, 0.3) is 5.91 Å². The summed E-state index contributed by atoms with van der Waals surface area (Å²) in [7, 11) is 0. The van der Waals surface area contributed by atoms with Crippen LogP contribution < -0.4 is 5.32 Å². The fraction of sp³-hybridized carbons (Fsp3) is 0.333. The number of amides is 1. The van der Waals surface area contributed by atoms with Crippen molar-refractivity contribution in [2.24, 2.45) is 5.92 Å². The lowest BCUT2D eigenvalue weighted by atomic mass is 9.95. The second kappa shape index (κ2) is 8.44. The number of carbonyl (C=O) groups is 1. The molecule has 1 amide bonds. The average Bonchev–Trinajstić information content (AvgIpc) is 3.10. The summed E-state index contributed by atoms with van der Waals surface area (Å²) < 4.78 is 21.5. The third kappa shape index (κ3) is 3.86. The summed E-state index contributed by atoms with van der Waals surface area (Å²) in [4.78, 5) is 17.2. The number of pyridine rings is 1. The highest BCUT2D eigenvalue weighted by atomic mass is 35.5. The van der Waals surface area contributed by atoms with Gasteiger partial charge in [0, 0.05) is 55.7 Å². The second-order valence-corrected chi connectivity index (χ2v) is 8.48. The molecule has 2 aliphatic heterocycles. The first-order chi connectivity index (χ1) is 15.1. The van der Waals surface area contributed by atoms with E-state index in [4.69, 9.17) is 16.3 Å². The Morgan fingerprint density at radius 3 is 2.65 bits per heavy atom. The van der Waals surface area contributed by atoms with Gasteiger partial charge in [-0.15, -0.1) is 0 Å². The van der Waals surface area contributed by atoms with Crippen molar-refractivity contribution in [1.29, 1.82) is 0 Å². The van der Waals surface area contributed by atoms with Crippen molar-refractivity contribution in [3.63, 3.8) is 0 Å². The van der Waals surface area contributed by atoms with Crippen LogP contribution in [0.4, 0.5) is 4.39 Å². The van der Waals surface area contributed by atoms with Crippen LogP contribution in [0.1, 0.15) is 28.9 Å². The number of hydrogen-bond donors (Lipinski definition) is 1. The molecule has 0 bridgehead atoms. The fourth-order valence-corrected chi connectivity index (χ4v) is 4.87. The van der Waals surface area contributed by atoms with Crippen molar-refractivity contribution in [2.75, 3.05) is 19.8 Å². The largest absolute Gasteiger partial charge is 0.381 e. The molecule has 2 aliphatic rings. The molecule has 0 radical (unpaired) electrons. The number of nitrogens with one attached hydrogen (secondary N) is 1. The van der Waals surface area contributed by atoms with Crippen LogP contribution in [0.25, 0.3) is 22.4 Å². The minimum Gasteiger partial charge on any atom is -0.381 e. The molecule has 0 aliphatic carbocycles. The molecule has 0 atom stereocenters. The van der Waals surface area contributed by atoms with Crippen LogP contribution in [0.5, 0.6) is 0 Å². The van der Waals surface area contributed by atoms with Gasteiger partial charge in [-0.3, -0.25) is 4.79 Å². The van der Waals surface area contributed by atoms with Crippen molar-refractivity contribution in [3.05, 3.63) is 64.8 Å². The monoisotopic (exact) mass is 439 g/mol. The number of hydrogen-bond acceptors (Lipinski definition) is 3. The standard InChI is InChI=1S/C24H23ClFN3O2/c25-20-13-17(5-9-27-20)23-21(16-1-3-18(26)4-2-16)22-19(6-10-28-24(22)30)29(23)14-15-7-11-31-12-8-15/h1-5,9,13,15H,6-8,10-12,14H2,(H,28,30). The molecular formula is C24H23ClFN3O2. The molecule has 1 N–H and O–H groups in total. The fourth-order valence-electron chi connectivity index (χ4n) is 4.69. The maximum atomic E-state index is 13.7. The van der Waals surface area contributed by atoms with E-state index in [1.807, 2.05) is 12.1 Å². The second-order valence-electron chi connectivity index (χ2n) is 8.09. The van der Waals surface area contributed by atoms with Gasteiger partial charge >= 0.3 is 0 Å². The highest BCUT2D eigenvalue weighted by Gasteiger charge is 2.32. The molecule has 1 aromatic carbocycles. The number of halogens is 2. The molecule has 3 aromatic rings. The molecule has 160 valence electrons. The van der Waals surface area contributed by atoms with E-state index in [1.165, 1.54) is 12.1 Å². The highest BCUT2D eigenvalue weighted by Crippen LogP contribution is 2.42. The van der Waals surface area contributed by atoms with E-state index in [0.29, 0.717) is 23.2 Å². The van der Waals surface area contributed by atoms with Crippen molar-refractivity contribution in [3.8, 4) is 22.4 Å². The van der Waals surface area contributed by atoms with Crippen LogP contribution in [0.15, 0.2) is 42.6 Å². The number of benzene rings is 1. The van der Waals surface area contributed by atoms with Crippen molar-refractivity contribution in [1.82, 2.24) is 14.9 Å². The summed E-state index contributed by atoms with van der Waals surface area (Å²) in [6.45, 7) is 2.92. The Morgan fingerprint density at radius 2 is 1.90 bits per heavy atom. The Bertz CT molecular complexity index is 1120. The van der Waals surface area contributed by atoms with Crippen LogP contribution in [0.3, 0.4) is 0 Å². The van der Waals surface area contributed by atoms with Gasteiger partial charge in [0.2, 0.25) is 0 Å². The predicted octanol–water partition coefficient (Wildman–Crippen LogP) is 4.72. The summed E-state index contributed by atoms with van der Waals surface area (Å²) in [5.41, 5.74) is 5.16. The van der Waals surface area contributed by atoms with E-state index in [2.05, 4.69) is 14.9 Å². The zero-order valence-corrected chi connectivity index (χ0v) is 17.8. The maximum Gasteiger partial charge on any atom is 0.253 e. The molecule has 4 heterocycles. The number of aromatic nitrogens is 2. The van der Waals surface area contributed by atoms with Crippen molar-refractivity contribution >= 4 is 17.5 Å². The number of fused-ring (bicyclic) bond motifs is 1. The summed E-state index contributed by atoms with van der Waals surface area (Å²) in [5.74, 6) is 0.0669. The van der Waals surface area contributed by atoms with Crippen molar-refractivity contribution in [2.45, 2.75) is 25.8 Å². The molecule has 7 heteroatoms. The molecule has 31 heavy (non-hydrogen) atoms. The quantitative estimate of drug-likeness (QED) is 0.598. The van der Waals surface area contributed by atoms with Gasteiger partial charge in [-0.25, -0.2) is 9.37 Å². The SMILES string of the molecule is O=C1NCCc2c1c(-c1ccc(F)cc1)c(-c1ccnc(Cl)c1)n2CC1CCOCC1. The van der Waals surface area contributed by atoms with Gasteiger partial charge in [0.15, 0.2) is 0 Å². The minimum absolute atomic E-state index is 0.0901. The minimum atomic E-state index is -0.308. The number of rotatable bonds is 4. The summed E-state index contributed by atoms with van der Waals surface area (Å²) in [6, 6.07) is 10.1. The molecular weight excluding hydrogens is 417 g/mol. The van der Waals surface area contributed by atoms with Gasteiger partial charge in [-0.05, 0) is 48.6 Å². The zero-order chi connectivity index (χ0) is 21.4. The van der Waals surface area contributed by atoms with Crippen LogP contribution in [-0.4, -0.2) is 35.2 Å². The molecule has 0 saturated carbocycles. The Labute approximate surface area is 185 Å². The van der Waals surface area contributed by atoms with Crippen LogP contribution >= 0.6 is 11.6 Å².